The Hall–Kier alpha value is -2.15. The lowest BCUT2D eigenvalue weighted by atomic mass is 10.1. The van der Waals surface area contributed by atoms with E-state index >= 15 is 0 Å². The predicted octanol–water partition coefficient (Wildman–Crippen LogP) is 3.28. The van der Waals surface area contributed by atoms with Crippen LogP contribution in [0.1, 0.15) is 23.7 Å². The lowest BCUT2D eigenvalue weighted by molar-refractivity contribution is -0.116. The Balaban J connectivity index is 0.00000196. The number of ketones is 1. The summed E-state index contributed by atoms with van der Waals surface area (Å²) >= 11 is 0. The number of hydrogen-bond donors (Lipinski definition) is 1. The van der Waals surface area contributed by atoms with Crippen molar-refractivity contribution in [2.45, 2.75) is 13.3 Å². The normalized spacial score (nSPS) is 13.8. The number of Topliss-reactive ketones (excluding diaryl/α,β-unsaturated/α-hetero) is 1. The van der Waals surface area contributed by atoms with E-state index in [9.17, 15) is 9.59 Å². The average Bonchev–Trinajstić information content (AvgIpc) is 2.68. The van der Waals surface area contributed by atoms with Gasteiger partial charge in [0.1, 0.15) is 5.82 Å². The molecule has 0 unspecified atom stereocenters. The van der Waals surface area contributed by atoms with Crippen molar-refractivity contribution in [3.63, 3.8) is 0 Å². The molecule has 28 heavy (non-hydrogen) atoms. The van der Waals surface area contributed by atoms with Gasteiger partial charge in [-0.2, -0.15) is 0 Å². The molecule has 1 saturated heterocycles. The van der Waals surface area contributed by atoms with E-state index in [2.05, 4.69) is 20.1 Å². The minimum absolute atomic E-state index is 0. The van der Waals surface area contributed by atoms with Crippen LogP contribution in [-0.4, -0.2) is 54.3 Å². The molecule has 0 saturated carbocycles. The zero-order chi connectivity index (χ0) is 18.4. The first-order valence-corrected chi connectivity index (χ1v) is 8.91. The van der Waals surface area contributed by atoms with E-state index in [1.165, 1.54) is 6.92 Å². The third-order valence-electron chi connectivity index (χ3n) is 4.58. The van der Waals surface area contributed by atoms with E-state index in [-0.39, 0.29) is 36.5 Å². The zero-order valence-electron chi connectivity index (χ0n) is 15.8. The fraction of sp³-hybridized carbons (Fsp3) is 0.350. The van der Waals surface area contributed by atoms with Crippen molar-refractivity contribution in [2.24, 2.45) is 0 Å². The molecule has 1 aliphatic heterocycles. The summed E-state index contributed by atoms with van der Waals surface area (Å²) in [7, 11) is 0. The van der Waals surface area contributed by atoms with Gasteiger partial charge in [-0.3, -0.25) is 14.5 Å². The van der Waals surface area contributed by atoms with Gasteiger partial charge in [0.05, 0.1) is 5.69 Å². The van der Waals surface area contributed by atoms with Gasteiger partial charge in [-0.05, 0) is 31.2 Å². The van der Waals surface area contributed by atoms with Crippen LogP contribution in [0.2, 0.25) is 0 Å². The molecule has 1 amide bonds. The topological polar surface area (TPSA) is 65.5 Å². The molecule has 1 aromatic carbocycles. The Morgan fingerprint density at radius 1 is 1.00 bits per heavy atom. The van der Waals surface area contributed by atoms with Crippen molar-refractivity contribution in [3.05, 3.63) is 54.2 Å². The molecule has 0 atom stereocenters. The molecule has 0 spiro atoms. The van der Waals surface area contributed by atoms with E-state index in [1.54, 1.807) is 18.2 Å². The summed E-state index contributed by atoms with van der Waals surface area (Å²) in [4.78, 5) is 32.8. The molecule has 6 nitrogen and oxygen atoms in total. The molecule has 0 aliphatic carbocycles. The second-order valence-electron chi connectivity index (χ2n) is 6.42. The first kappa shape index (κ1) is 23.9. The lowest BCUT2D eigenvalue weighted by Crippen LogP contribution is -2.47. The molecule has 0 radical (unpaired) electrons. The highest BCUT2D eigenvalue weighted by Gasteiger charge is 2.18. The Morgan fingerprint density at radius 3 is 2.32 bits per heavy atom. The number of halogens is 2. The van der Waals surface area contributed by atoms with E-state index < -0.39 is 0 Å². The summed E-state index contributed by atoms with van der Waals surface area (Å²) in [6, 6.07) is 13.1. The van der Waals surface area contributed by atoms with Crippen molar-refractivity contribution in [3.8, 4) is 0 Å². The van der Waals surface area contributed by atoms with Crippen LogP contribution in [0, 0.1) is 0 Å². The Bertz CT molecular complexity index is 766. The summed E-state index contributed by atoms with van der Waals surface area (Å²) < 4.78 is 0. The van der Waals surface area contributed by atoms with E-state index in [0.29, 0.717) is 24.2 Å². The summed E-state index contributed by atoms with van der Waals surface area (Å²) in [6.45, 7) is 5.86. The number of carbonyl (C=O) groups is 2. The second kappa shape index (κ2) is 11.6. The molecule has 3 rings (SSSR count). The highest BCUT2D eigenvalue weighted by Crippen LogP contribution is 2.16. The van der Waals surface area contributed by atoms with Crippen LogP contribution < -0.4 is 10.2 Å². The molecule has 8 heteroatoms. The minimum Gasteiger partial charge on any atom is -0.354 e. The quantitative estimate of drug-likeness (QED) is 0.720. The van der Waals surface area contributed by atoms with Gasteiger partial charge >= 0.3 is 0 Å². The summed E-state index contributed by atoms with van der Waals surface area (Å²) in [5, 5.41) is 2.86. The van der Waals surface area contributed by atoms with Crippen molar-refractivity contribution < 1.29 is 9.59 Å². The fourth-order valence-electron chi connectivity index (χ4n) is 3.11. The van der Waals surface area contributed by atoms with E-state index in [4.69, 9.17) is 0 Å². The predicted molar refractivity (Wildman–Crippen MR) is 117 cm³/mol. The van der Waals surface area contributed by atoms with Crippen LogP contribution in [0.25, 0.3) is 0 Å². The Labute approximate surface area is 178 Å². The highest BCUT2D eigenvalue weighted by molar-refractivity contribution is 6.03. The molecule has 152 valence electrons. The SMILES string of the molecule is CC(=O)c1ccccc1NC(=O)CCN1CCN(c2ccccn2)CC1.Cl.Cl. The number of nitrogens with one attached hydrogen (secondary N) is 1. The number of anilines is 2. The van der Waals surface area contributed by atoms with Gasteiger partial charge < -0.3 is 10.2 Å². The summed E-state index contributed by atoms with van der Waals surface area (Å²) in [6.07, 6.45) is 2.22. The number of rotatable bonds is 6. The average molecular weight is 425 g/mol. The van der Waals surface area contributed by atoms with Gasteiger partial charge in [-0.15, -0.1) is 24.8 Å². The number of aromatic nitrogens is 1. The maximum Gasteiger partial charge on any atom is 0.225 e. The molecule has 1 aliphatic rings. The standard InChI is InChI=1S/C20H24N4O2.2ClH/c1-16(25)17-6-2-3-7-18(17)22-20(26)9-11-23-12-14-24(15-13-23)19-8-4-5-10-21-19;;/h2-8,10H,9,11-15H2,1H3,(H,22,26);2*1H. The van der Waals surface area contributed by atoms with Gasteiger partial charge in [0.25, 0.3) is 0 Å². The molecule has 2 aromatic rings. The molecule has 1 fully saturated rings. The zero-order valence-corrected chi connectivity index (χ0v) is 17.5. The largest absolute Gasteiger partial charge is 0.354 e. The van der Waals surface area contributed by atoms with Crippen LogP contribution in [-0.2, 0) is 4.79 Å². The lowest BCUT2D eigenvalue weighted by Gasteiger charge is -2.35. The van der Waals surface area contributed by atoms with Crippen LogP contribution in [0.15, 0.2) is 48.7 Å². The number of carbonyl (C=O) groups excluding carboxylic acids is 2. The fourth-order valence-corrected chi connectivity index (χ4v) is 3.11. The van der Waals surface area contributed by atoms with Gasteiger partial charge in [0, 0.05) is 50.9 Å². The number of nitrogens with zero attached hydrogens (tertiary/aromatic N) is 3. The number of para-hydroxylation sites is 1. The first-order valence-electron chi connectivity index (χ1n) is 8.91. The molecular formula is C20H26Cl2N4O2. The third-order valence-corrected chi connectivity index (χ3v) is 4.58. The molecular weight excluding hydrogens is 399 g/mol. The van der Waals surface area contributed by atoms with E-state index in [0.717, 1.165) is 32.0 Å². The molecule has 0 bridgehead atoms. The number of amides is 1. The van der Waals surface area contributed by atoms with Gasteiger partial charge in [-0.1, -0.05) is 18.2 Å². The van der Waals surface area contributed by atoms with Gasteiger partial charge in [-0.25, -0.2) is 4.98 Å². The number of hydrogen-bond acceptors (Lipinski definition) is 5. The van der Waals surface area contributed by atoms with Crippen molar-refractivity contribution in [1.82, 2.24) is 9.88 Å². The van der Waals surface area contributed by atoms with Gasteiger partial charge in [0.15, 0.2) is 5.78 Å². The minimum atomic E-state index is -0.0640. The number of benzene rings is 1. The van der Waals surface area contributed by atoms with E-state index in [1.807, 2.05) is 30.5 Å². The van der Waals surface area contributed by atoms with Crippen molar-refractivity contribution in [2.75, 3.05) is 42.9 Å². The van der Waals surface area contributed by atoms with Crippen LogP contribution in [0.4, 0.5) is 11.5 Å². The Kier molecular flexibility index (Phi) is 9.93. The smallest absolute Gasteiger partial charge is 0.225 e. The van der Waals surface area contributed by atoms with Gasteiger partial charge in [0.2, 0.25) is 5.91 Å². The van der Waals surface area contributed by atoms with Crippen LogP contribution >= 0.6 is 24.8 Å². The maximum atomic E-state index is 12.2. The van der Waals surface area contributed by atoms with Crippen LogP contribution in [0.3, 0.4) is 0 Å². The number of piperazine rings is 1. The summed E-state index contributed by atoms with van der Waals surface area (Å²) in [5.74, 6) is 0.892. The number of pyridine rings is 1. The van der Waals surface area contributed by atoms with Crippen LogP contribution in [0.5, 0.6) is 0 Å². The Morgan fingerprint density at radius 2 is 1.68 bits per heavy atom. The second-order valence-corrected chi connectivity index (χ2v) is 6.42. The maximum absolute atomic E-state index is 12.2. The monoisotopic (exact) mass is 424 g/mol. The molecule has 1 N–H and O–H groups in total. The van der Waals surface area contributed by atoms with Crippen molar-refractivity contribution in [1.29, 1.82) is 0 Å². The molecule has 2 heterocycles. The highest BCUT2D eigenvalue weighted by atomic mass is 35.5. The third kappa shape index (κ3) is 6.48. The molecule has 1 aromatic heterocycles. The van der Waals surface area contributed by atoms with Crippen molar-refractivity contribution >= 4 is 48.0 Å². The summed E-state index contributed by atoms with van der Waals surface area (Å²) in [5.41, 5.74) is 1.13. The first-order chi connectivity index (χ1) is 12.6.